The molecule has 0 amide bonds. The zero-order valence-electron chi connectivity index (χ0n) is 18.9. The van der Waals surface area contributed by atoms with Crippen LogP contribution in [0.2, 0.25) is 0 Å². The summed E-state index contributed by atoms with van der Waals surface area (Å²) in [5.74, 6) is 1.50. The predicted molar refractivity (Wildman–Crippen MR) is 132 cm³/mol. The molecule has 0 bridgehead atoms. The lowest BCUT2D eigenvalue weighted by molar-refractivity contribution is 0.586. The van der Waals surface area contributed by atoms with Crippen LogP contribution in [0.25, 0.3) is 0 Å². The molecule has 3 aromatic rings. The molecule has 0 aliphatic rings. The summed E-state index contributed by atoms with van der Waals surface area (Å²) < 4.78 is 0. The van der Waals surface area contributed by atoms with Crippen molar-refractivity contribution in [2.75, 3.05) is 10.6 Å². The molecule has 0 atom stereocenters. The zero-order valence-corrected chi connectivity index (χ0v) is 18.9. The predicted octanol–water partition coefficient (Wildman–Crippen LogP) is 8.35. The Morgan fingerprint density at radius 3 is 1.00 bits per heavy atom. The highest BCUT2D eigenvalue weighted by atomic mass is 14.9. The Balaban J connectivity index is 1.52. The van der Waals surface area contributed by atoms with Crippen molar-refractivity contribution in [1.82, 2.24) is 0 Å². The summed E-state index contributed by atoms with van der Waals surface area (Å²) in [7, 11) is 0. The number of benzene rings is 3. The van der Waals surface area contributed by atoms with Crippen molar-refractivity contribution in [3.63, 3.8) is 0 Å². The fourth-order valence-electron chi connectivity index (χ4n) is 3.39. The van der Waals surface area contributed by atoms with Crippen LogP contribution >= 0.6 is 0 Å². The van der Waals surface area contributed by atoms with E-state index in [0.717, 1.165) is 47.4 Å². The maximum Gasteiger partial charge on any atom is 0.0385 e. The Kier molecular flexibility index (Phi) is 7.96. The van der Waals surface area contributed by atoms with Crippen molar-refractivity contribution >= 4 is 22.7 Å². The van der Waals surface area contributed by atoms with E-state index in [4.69, 9.17) is 0 Å². The molecule has 0 aliphatic heterocycles. The Morgan fingerprint density at radius 1 is 0.467 bits per heavy atom. The first-order valence-corrected chi connectivity index (χ1v) is 11.3. The normalized spacial score (nSPS) is 11.1. The van der Waals surface area contributed by atoms with Gasteiger partial charge in [0, 0.05) is 22.7 Å². The lowest BCUT2D eigenvalue weighted by atomic mass is 10.0. The van der Waals surface area contributed by atoms with Gasteiger partial charge in [0.05, 0.1) is 0 Å². The molecule has 0 saturated carbocycles. The maximum absolute atomic E-state index is 3.49. The summed E-state index contributed by atoms with van der Waals surface area (Å²) in [5.41, 5.74) is 7.26. The minimum absolute atomic E-state index is 0.748. The van der Waals surface area contributed by atoms with Gasteiger partial charge in [-0.15, -0.1) is 0 Å². The average molecular weight is 401 g/mol. The quantitative estimate of drug-likeness (QED) is 0.357. The van der Waals surface area contributed by atoms with E-state index < -0.39 is 0 Å². The third-order valence-electron chi connectivity index (χ3n) is 5.39. The fraction of sp³-hybridized carbons (Fsp3) is 0.357. The summed E-state index contributed by atoms with van der Waals surface area (Å²) >= 11 is 0. The molecule has 0 spiro atoms. The molecule has 2 N–H and O–H groups in total. The molecule has 0 saturated heterocycles. The highest BCUT2D eigenvalue weighted by Gasteiger charge is 2.01. The highest BCUT2D eigenvalue weighted by Crippen LogP contribution is 2.23. The van der Waals surface area contributed by atoms with Crippen molar-refractivity contribution < 1.29 is 0 Å². The molecular weight excluding hydrogens is 364 g/mol. The molecule has 2 nitrogen and oxygen atoms in total. The monoisotopic (exact) mass is 400 g/mol. The standard InChI is InChI=1S/C28H36N2/c1-21(2)5-7-23-9-13-25(14-10-23)29-27-17-19-28(20-18-27)30-26-15-11-24(12-16-26)8-6-22(3)4/h9-22,29-30H,5-8H2,1-4H3. The third kappa shape index (κ3) is 7.26. The van der Waals surface area contributed by atoms with Crippen LogP contribution in [-0.4, -0.2) is 0 Å². The molecule has 0 aliphatic carbocycles. The molecule has 0 unspecified atom stereocenters. The topological polar surface area (TPSA) is 24.1 Å². The van der Waals surface area contributed by atoms with Crippen molar-refractivity contribution in [1.29, 1.82) is 0 Å². The van der Waals surface area contributed by atoms with Crippen molar-refractivity contribution in [3.8, 4) is 0 Å². The first-order valence-electron chi connectivity index (χ1n) is 11.3. The molecule has 3 rings (SSSR count). The molecule has 30 heavy (non-hydrogen) atoms. The van der Waals surface area contributed by atoms with Crippen molar-refractivity contribution in [3.05, 3.63) is 83.9 Å². The first-order chi connectivity index (χ1) is 14.5. The van der Waals surface area contributed by atoms with Crippen LogP contribution in [0.3, 0.4) is 0 Å². The van der Waals surface area contributed by atoms with Gasteiger partial charge in [-0.25, -0.2) is 0 Å². The van der Waals surface area contributed by atoms with Gasteiger partial charge in [0.15, 0.2) is 0 Å². The minimum atomic E-state index is 0.748. The molecule has 0 radical (unpaired) electrons. The smallest absolute Gasteiger partial charge is 0.0385 e. The minimum Gasteiger partial charge on any atom is -0.356 e. The van der Waals surface area contributed by atoms with Crippen LogP contribution in [-0.2, 0) is 12.8 Å². The zero-order chi connectivity index (χ0) is 21.3. The summed E-state index contributed by atoms with van der Waals surface area (Å²) in [5, 5.41) is 6.98. The first kappa shape index (κ1) is 22.0. The van der Waals surface area contributed by atoms with E-state index in [1.165, 1.54) is 24.0 Å². The van der Waals surface area contributed by atoms with E-state index in [1.807, 2.05) is 0 Å². The second kappa shape index (κ2) is 10.9. The maximum atomic E-state index is 3.49. The number of aryl methyl sites for hydroxylation is 2. The second-order valence-corrected chi connectivity index (χ2v) is 9.09. The number of nitrogens with one attached hydrogen (secondary N) is 2. The molecular formula is C28H36N2. The largest absolute Gasteiger partial charge is 0.356 e. The molecule has 0 heterocycles. The summed E-state index contributed by atoms with van der Waals surface area (Å²) in [6.45, 7) is 9.10. The van der Waals surface area contributed by atoms with Gasteiger partial charge in [-0.1, -0.05) is 52.0 Å². The second-order valence-electron chi connectivity index (χ2n) is 9.09. The van der Waals surface area contributed by atoms with Gasteiger partial charge in [0.1, 0.15) is 0 Å². The lowest BCUT2D eigenvalue weighted by Crippen LogP contribution is -1.95. The fourth-order valence-corrected chi connectivity index (χ4v) is 3.39. The van der Waals surface area contributed by atoms with Gasteiger partial charge in [0.25, 0.3) is 0 Å². The number of hydrogen-bond acceptors (Lipinski definition) is 2. The highest BCUT2D eigenvalue weighted by molar-refractivity contribution is 5.66. The van der Waals surface area contributed by atoms with E-state index in [-0.39, 0.29) is 0 Å². The van der Waals surface area contributed by atoms with Gasteiger partial charge in [0.2, 0.25) is 0 Å². The third-order valence-corrected chi connectivity index (χ3v) is 5.39. The van der Waals surface area contributed by atoms with Gasteiger partial charge in [-0.05, 0) is 97.2 Å². The van der Waals surface area contributed by atoms with Gasteiger partial charge in [-0.2, -0.15) is 0 Å². The van der Waals surface area contributed by atoms with E-state index in [2.05, 4.69) is 111 Å². The number of hydrogen-bond donors (Lipinski definition) is 2. The molecule has 3 aromatic carbocycles. The van der Waals surface area contributed by atoms with E-state index in [0.29, 0.717) is 0 Å². The molecule has 0 aromatic heterocycles. The summed E-state index contributed by atoms with van der Waals surface area (Å²) in [6.07, 6.45) is 4.78. The van der Waals surface area contributed by atoms with Crippen LogP contribution in [0.15, 0.2) is 72.8 Å². The van der Waals surface area contributed by atoms with Crippen LogP contribution < -0.4 is 10.6 Å². The Morgan fingerprint density at radius 2 is 0.733 bits per heavy atom. The average Bonchev–Trinajstić information content (AvgIpc) is 2.74. The van der Waals surface area contributed by atoms with E-state index >= 15 is 0 Å². The van der Waals surface area contributed by atoms with Crippen LogP contribution in [0.1, 0.15) is 51.7 Å². The Labute approximate surface area is 182 Å². The molecule has 2 heteroatoms. The van der Waals surface area contributed by atoms with Crippen LogP contribution in [0.5, 0.6) is 0 Å². The SMILES string of the molecule is CC(C)CCc1ccc(Nc2ccc(Nc3ccc(CCC(C)C)cc3)cc2)cc1. The Bertz CT molecular complexity index is 799. The van der Waals surface area contributed by atoms with E-state index in [9.17, 15) is 0 Å². The van der Waals surface area contributed by atoms with Crippen LogP contribution in [0.4, 0.5) is 22.7 Å². The van der Waals surface area contributed by atoms with Crippen molar-refractivity contribution in [2.24, 2.45) is 11.8 Å². The summed E-state index contributed by atoms with van der Waals surface area (Å²) in [4.78, 5) is 0. The molecule has 0 fully saturated rings. The van der Waals surface area contributed by atoms with Gasteiger partial charge < -0.3 is 10.6 Å². The van der Waals surface area contributed by atoms with E-state index in [1.54, 1.807) is 0 Å². The van der Waals surface area contributed by atoms with Gasteiger partial charge in [-0.3, -0.25) is 0 Å². The van der Waals surface area contributed by atoms with Gasteiger partial charge >= 0.3 is 0 Å². The molecule has 158 valence electrons. The summed E-state index contributed by atoms with van der Waals surface area (Å²) in [6, 6.07) is 26.1. The Hall–Kier alpha value is -2.74. The van der Waals surface area contributed by atoms with Crippen molar-refractivity contribution in [2.45, 2.75) is 53.4 Å². The number of anilines is 4. The van der Waals surface area contributed by atoms with Crippen LogP contribution in [0, 0.1) is 11.8 Å². The number of rotatable bonds is 10. The lowest BCUT2D eigenvalue weighted by Gasteiger charge is -2.11.